The van der Waals surface area contributed by atoms with Crippen molar-refractivity contribution in [1.82, 2.24) is 4.90 Å². The zero-order chi connectivity index (χ0) is 14.0. The minimum atomic E-state index is -0.538. The van der Waals surface area contributed by atoms with Crippen molar-refractivity contribution in [2.24, 2.45) is 11.7 Å². The zero-order valence-corrected chi connectivity index (χ0v) is 11.7. The van der Waals surface area contributed by atoms with Gasteiger partial charge in [-0.05, 0) is 43.5 Å². The average molecular weight is 285 g/mol. The minimum Gasteiger partial charge on any atom is -0.338 e. The normalized spacial score (nSPS) is 22.5. The van der Waals surface area contributed by atoms with Crippen LogP contribution in [-0.4, -0.2) is 30.4 Å². The van der Waals surface area contributed by atoms with E-state index in [4.69, 9.17) is 17.3 Å². The maximum Gasteiger partial charge on any atom is 0.256 e. The molecule has 0 radical (unpaired) electrons. The van der Waals surface area contributed by atoms with Crippen LogP contribution < -0.4 is 5.73 Å². The van der Waals surface area contributed by atoms with Gasteiger partial charge < -0.3 is 10.6 Å². The highest BCUT2D eigenvalue weighted by Gasteiger charge is 2.32. The van der Waals surface area contributed by atoms with Crippen LogP contribution >= 0.6 is 11.6 Å². The fourth-order valence-electron chi connectivity index (χ4n) is 2.80. The summed E-state index contributed by atoms with van der Waals surface area (Å²) < 4.78 is 13.7. The van der Waals surface area contributed by atoms with Crippen LogP contribution in [0.1, 0.15) is 29.6 Å². The Kier molecular flexibility index (Phi) is 4.42. The lowest BCUT2D eigenvalue weighted by Crippen LogP contribution is -2.41. The molecule has 19 heavy (non-hydrogen) atoms. The van der Waals surface area contributed by atoms with Crippen LogP contribution in [0, 0.1) is 11.7 Å². The molecule has 1 aliphatic rings. The van der Waals surface area contributed by atoms with Gasteiger partial charge in [-0.1, -0.05) is 18.0 Å². The third-order valence-electron chi connectivity index (χ3n) is 3.90. The molecule has 1 saturated carbocycles. The van der Waals surface area contributed by atoms with E-state index in [1.54, 1.807) is 11.9 Å². The molecule has 2 rings (SSSR count). The Hall–Kier alpha value is -1.13. The topological polar surface area (TPSA) is 46.3 Å². The summed E-state index contributed by atoms with van der Waals surface area (Å²) in [6, 6.07) is 4.13. The Morgan fingerprint density at radius 3 is 2.95 bits per heavy atom. The third-order valence-corrected chi connectivity index (χ3v) is 4.13. The highest BCUT2D eigenvalue weighted by atomic mass is 35.5. The Morgan fingerprint density at radius 2 is 2.26 bits per heavy atom. The lowest BCUT2D eigenvalue weighted by Gasteiger charge is -2.29. The van der Waals surface area contributed by atoms with Gasteiger partial charge >= 0.3 is 0 Å². The zero-order valence-electron chi connectivity index (χ0n) is 10.9. The number of rotatable bonds is 3. The van der Waals surface area contributed by atoms with Gasteiger partial charge in [0.05, 0.1) is 5.56 Å². The number of nitrogens with two attached hydrogens (primary N) is 1. The predicted octanol–water partition coefficient (Wildman–Crippen LogP) is 2.68. The number of halogens is 2. The van der Waals surface area contributed by atoms with Crippen molar-refractivity contribution in [1.29, 1.82) is 0 Å². The first kappa shape index (κ1) is 14.3. The molecule has 2 N–H and O–H groups in total. The second-order valence-corrected chi connectivity index (χ2v) is 5.47. The Balaban J connectivity index is 2.21. The Bertz CT molecular complexity index is 481. The van der Waals surface area contributed by atoms with Crippen molar-refractivity contribution in [2.75, 3.05) is 13.6 Å². The molecule has 1 amide bonds. The van der Waals surface area contributed by atoms with Crippen molar-refractivity contribution in [3.63, 3.8) is 0 Å². The molecule has 0 bridgehead atoms. The number of nitrogens with zero attached hydrogens (tertiary/aromatic N) is 1. The third kappa shape index (κ3) is 2.90. The van der Waals surface area contributed by atoms with Crippen molar-refractivity contribution in [2.45, 2.75) is 25.3 Å². The first-order chi connectivity index (χ1) is 9.04. The number of hydrogen-bond donors (Lipinski definition) is 1. The Labute approximate surface area is 117 Å². The summed E-state index contributed by atoms with van der Waals surface area (Å²) in [7, 11) is 1.71. The molecule has 0 heterocycles. The molecule has 0 aromatic heterocycles. The highest BCUT2D eigenvalue weighted by molar-refractivity contribution is 6.31. The lowest BCUT2D eigenvalue weighted by molar-refractivity contribution is 0.0695. The Morgan fingerprint density at radius 1 is 1.53 bits per heavy atom. The van der Waals surface area contributed by atoms with Gasteiger partial charge in [-0.25, -0.2) is 4.39 Å². The van der Waals surface area contributed by atoms with Gasteiger partial charge in [0.25, 0.3) is 5.91 Å². The van der Waals surface area contributed by atoms with Crippen LogP contribution in [0.3, 0.4) is 0 Å². The van der Waals surface area contributed by atoms with E-state index in [0.29, 0.717) is 17.5 Å². The van der Waals surface area contributed by atoms with Crippen molar-refractivity contribution in [3.8, 4) is 0 Å². The number of carbonyl (C=O) groups is 1. The van der Waals surface area contributed by atoms with Gasteiger partial charge in [0.2, 0.25) is 0 Å². The average Bonchev–Trinajstić information content (AvgIpc) is 2.88. The molecule has 1 aromatic carbocycles. The van der Waals surface area contributed by atoms with Crippen molar-refractivity contribution in [3.05, 3.63) is 34.6 Å². The summed E-state index contributed by atoms with van der Waals surface area (Å²) in [6.07, 6.45) is 3.01. The van der Waals surface area contributed by atoms with Gasteiger partial charge in [-0.3, -0.25) is 4.79 Å². The van der Waals surface area contributed by atoms with Gasteiger partial charge in [-0.15, -0.1) is 0 Å². The van der Waals surface area contributed by atoms with E-state index < -0.39 is 5.82 Å². The second kappa shape index (κ2) is 5.88. The van der Waals surface area contributed by atoms with Crippen molar-refractivity contribution < 1.29 is 9.18 Å². The molecular weight excluding hydrogens is 267 g/mol. The van der Waals surface area contributed by atoms with Gasteiger partial charge in [-0.2, -0.15) is 0 Å². The smallest absolute Gasteiger partial charge is 0.256 e. The molecule has 1 aliphatic carbocycles. The summed E-state index contributed by atoms with van der Waals surface area (Å²) in [5.74, 6) is -0.565. The van der Waals surface area contributed by atoms with Crippen LogP contribution in [0.15, 0.2) is 18.2 Å². The first-order valence-electron chi connectivity index (χ1n) is 6.47. The predicted molar refractivity (Wildman–Crippen MR) is 73.7 cm³/mol. The fraction of sp³-hybridized carbons (Fsp3) is 0.500. The summed E-state index contributed by atoms with van der Waals surface area (Å²) >= 11 is 5.82. The van der Waals surface area contributed by atoms with E-state index >= 15 is 0 Å². The van der Waals surface area contributed by atoms with Crippen molar-refractivity contribution >= 4 is 17.5 Å². The largest absolute Gasteiger partial charge is 0.338 e. The number of benzene rings is 1. The molecule has 3 nitrogen and oxygen atoms in total. The maximum absolute atomic E-state index is 13.7. The van der Waals surface area contributed by atoms with E-state index in [9.17, 15) is 9.18 Å². The van der Waals surface area contributed by atoms with E-state index in [-0.39, 0.29) is 17.5 Å². The van der Waals surface area contributed by atoms with E-state index in [2.05, 4.69) is 0 Å². The molecule has 1 fully saturated rings. The monoisotopic (exact) mass is 284 g/mol. The highest BCUT2D eigenvalue weighted by Crippen LogP contribution is 2.29. The molecule has 0 aliphatic heterocycles. The molecule has 0 saturated heterocycles. The second-order valence-electron chi connectivity index (χ2n) is 5.03. The number of carbonyl (C=O) groups excluding carboxylic acids is 1. The van der Waals surface area contributed by atoms with Crippen LogP contribution in [0.2, 0.25) is 5.02 Å². The molecule has 1 aromatic rings. The van der Waals surface area contributed by atoms with Crippen LogP contribution in [0.5, 0.6) is 0 Å². The van der Waals surface area contributed by atoms with Crippen LogP contribution in [-0.2, 0) is 0 Å². The van der Waals surface area contributed by atoms with E-state index in [1.165, 1.54) is 18.2 Å². The lowest BCUT2D eigenvalue weighted by atomic mass is 10.0. The molecule has 2 atom stereocenters. The van der Waals surface area contributed by atoms with Gasteiger partial charge in [0.15, 0.2) is 0 Å². The van der Waals surface area contributed by atoms with Gasteiger partial charge in [0.1, 0.15) is 5.82 Å². The molecule has 2 unspecified atom stereocenters. The maximum atomic E-state index is 13.7. The SMILES string of the molecule is CN(C(=O)c1cc(Cl)ccc1F)C1CCCC1CN. The summed E-state index contributed by atoms with van der Waals surface area (Å²) in [5.41, 5.74) is 5.75. The summed E-state index contributed by atoms with van der Waals surface area (Å²) in [4.78, 5) is 14.0. The molecule has 5 heteroatoms. The van der Waals surface area contributed by atoms with Crippen LogP contribution in [0.4, 0.5) is 4.39 Å². The fourth-order valence-corrected chi connectivity index (χ4v) is 2.98. The molecular formula is C14H18ClFN2O. The van der Waals surface area contributed by atoms with E-state index in [0.717, 1.165) is 19.3 Å². The van der Waals surface area contributed by atoms with Crippen LogP contribution in [0.25, 0.3) is 0 Å². The van der Waals surface area contributed by atoms with Gasteiger partial charge in [0, 0.05) is 18.1 Å². The first-order valence-corrected chi connectivity index (χ1v) is 6.84. The number of amides is 1. The summed E-state index contributed by atoms with van der Waals surface area (Å²) in [5, 5.41) is 0.361. The minimum absolute atomic E-state index is 0.0256. The number of hydrogen-bond acceptors (Lipinski definition) is 2. The molecule has 104 valence electrons. The van der Waals surface area contributed by atoms with E-state index in [1.807, 2.05) is 0 Å². The quantitative estimate of drug-likeness (QED) is 0.927. The molecule has 0 spiro atoms. The summed E-state index contributed by atoms with van der Waals surface area (Å²) in [6.45, 7) is 0.556. The standard InChI is InChI=1S/C14H18ClFN2O/c1-18(13-4-2-3-9(13)8-17)14(19)11-7-10(15)5-6-12(11)16/h5-7,9,13H,2-4,8,17H2,1H3.